The fraction of sp³-hybridized carbons (Fsp3) is 0.368. The highest BCUT2D eigenvalue weighted by Gasteiger charge is 2.34. The molecule has 0 spiro atoms. The highest BCUT2D eigenvalue weighted by Crippen LogP contribution is 2.33. The predicted molar refractivity (Wildman–Crippen MR) is 108 cm³/mol. The van der Waals surface area contributed by atoms with Gasteiger partial charge in [0.15, 0.2) is 0 Å². The van der Waals surface area contributed by atoms with Gasteiger partial charge in [-0.1, -0.05) is 23.7 Å². The summed E-state index contributed by atoms with van der Waals surface area (Å²) in [7, 11) is 0. The Morgan fingerprint density at radius 1 is 1.36 bits per heavy atom. The molecule has 4 rings (SSSR count). The molecule has 0 saturated carbocycles. The van der Waals surface area contributed by atoms with Crippen LogP contribution in [-0.4, -0.2) is 39.8 Å². The number of rotatable bonds is 4. The van der Waals surface area contributed by atoms with Crippen molar-refractivity contribution < 1.29 is 13.6 Å². The van der Waals surface area contributed by atoms with Gasteiger partial charge in [-0.25, -0.2) is 13.8 Å². The number of H-pyrrole nitrogens is 1. The lowest BCUT2D eigenvalue weighted by Crippen LogP contribution is -2.39. The summed E-state index contributed by atoms with van der Waals surface area (Å²) >= 11 is 7.63. The highest BCUT2D eigenvalue weighted by atomic mass is 35.5. The van der Waals surface area contributed by atoms with Crippen LogP contribution in [0.25, 0.3) is 10.3 Å². The van der Waals surface area contributed by atoms with Gasteiger partial charge in [-0.15, -0.1) is 11.3 Å². The van der Waals surface area contributed by atoms with Gasteiger partial charge in [-0.05, 0) is 19.1 Å². The van der Waals surface area contributed by atoms with Crippen molar-refractivity contribution in [3.8, 4) is 0 Å². The van der Waals surface area contributed by atoms with E-state index in [2.05, 4.69) is 15.3 Å². The molecule has 28 heavy (non-hydrogen) atoms. The number of hydrogen-bond donors (Lipinski definition) is 2. The van der Waals surface area contributed by atoms with Crippen LogP contribution in [0.1, 0.15) is 33.9 Å². The number of thiazole rings is 1. The van der Waals surface area contributed by atoms with Gasteiger partial charge in [-0.3, -0.25) is 9.69 Å². The summed E-state index contributed by atoms with van der Waals surface area (Å²) < 4.78 is 27.9. The second-order valence-corrected chi connectivity index (χ2v) is 8.57. The Morgan fingerprint density at radius 2 is 2.07 bits per heavy atom. The summed E-state index contributed by atoms with van der Waals surface area (Å²) in [5, 5.41) is 4.14. The number of benzene rings is 1. The maximum Gasteiger partial charge on any atom is 0.272 e. The minimum Gasteiger partial charge on any atom is -0.334 e. The van der Waals surface area contributed by atoms with Gasteiger partial charge < -0.3 is 10.3 Å². The van der Waals surface area contributed by atoms with Crippen molar-refractivity contribution in [2.45, 2.75) is 32.2 Å². The molecule has 2 aromatic heterocycles. The number of halogens is 3. The van der Waals surface area contributed by atoms with Crippen LogP contribution >= 0.6 is 22.9 Å². The van der Waals surface area contributed by atoms with Crippen molar-refractivity contribution in [1.82, 2.24) is 14.9 Å². The molecule has 148 valence electrons. The van der Waals surface area contributed by atoms with E-state index in [4.69, 9.17) is 11.6 Å². The highest BCUT2D eigenvalue weighted by molar-refractivity contribution is 7.18. The molecule has 1 aliphatic heterocycles. The number of aryl methyl sites for hydroxylation is 1. The van der Waals surface area contributed by atoms with Crippen LogP contribution in [0.3, 0.4) is 0 Å². The Kier molecular flexibility index (Phi) is 5.11. The minimum absolute atomic E-state index is 0.163. The van der Waals surface area contributed by atoms with Crippen LogP contribution in [0.15, 0.2) is 24.3 Å². The van der Waals surface area contributed by atoms with E-state index >= 15 is 0 Å². The molecule has 2 N–H and O–H groups in total. The zero-order valence-corrected chi connectivity index (χ0v) is 16.8. The lowest BCUT2D eigenvalue weighted by molar-refractivity contribution is -0.0566. The van der Waals surface area contributed by atoms with E-state index < -0.39 is 5.92 Å². The van der Waals surface area contributed by atoms with E-state index in [0.29, 0.717) is 41.7 Å². The number of hydrogen-bond acceptors (Lipinski definition) is 4. The standard InChI is InChI=1S/C19H19ClF2N4OS/c1-11-23-17-16(28-11)12(10-26-8-6-19(21,22)7-9-26)15(25-17)18(27)24-14-5-3-2-4-13(14)20/h2-5,25H,6-10H2,1H3,(H,24,27). The molecule has 1 aliphatic rings. The topological polar surface area (TPSA) is 61.0 Å². The van der Waals surface area contributed by atoms with Crippen LogP contribution < -0.4 is 5.32 Å². The molecular weight excluding hydrogens is 406 g/mol. The van der Waals surface area contributed by atoms with Gasteiger partial charge in [0.25, 0.3) is 11.8 Å². The second-order valence-electron chi connectivity index (χ2n) is 6.96. The van der Waals surface area contributed by atoms with Gasteiger partial charge in [-0.2, -0.15) is 0 Å². The van der Waals surface area contributed by atoms with E-state index in [-0.39, 0.29) is 18.7 Å². The zero-order valence-electron chi connectivity index (χ0n) is 15.2. The Hall–Kier alpha value is -2.03. The second kappa shape index (κ2) is 7.42. The van der Waals surface area contributed by atoms with Crippen molar-refractivity contribution in [3.05, 3.63) is 45.6 Å². The molecule has 5 nitrogen and oxygen atoms in total. The molecule has 1 saturated heterocycles. The number of aromatic nitrogens is 2. The van der Waals surface area contributed by atoms with Crippen molar-refractivity contribution in [1.29, 1.82) is 0 Å². The smallest absolute Gasteiger partial charge is 0.272 e. The molecule has 9 heteroatoms. The molecule has 1 fully saturated rings. The number of fused-ring (bicyclic) bond motifs is 1. The Morgan fingerprint density at radius 3 is 2.79 bits per heavy atom. The molecule has 0 radical (unpaired) electrons. The summed E-state index contributed by atoms with van der Waals surface area (Å²) in [6, 6.07) is 6.99. The molecule has 3 heterocycles. The van der Waals surface area contributed by atoms with Crippen LogP contribution in [0, 0.1) is 6.92 Å². The fourth-order valence-corrected chi connectivity index (χ4v) is 4.48. The number of nitrogens with zero attached hydrogens (tertiary/aromatic N) is 2. The quantitative estimate of drug-likeness (QED) is 0.614. The van der Waals surface area contributed by atoms with Crippen molar-refractivity contribution in [2.75, 3.05) is 18.4 Å². The third kappa shape index (κ3) is 3.90. The number of piperidine rings is 1. The predicted octanol–water partition coefficient (Wildman–Crippen LogP) is 5.07. The van der Waals surface area contributed by atoms with Gasteiger partial charge in [0.2, 0.25) is 0 Å². The molecule has 0 aliphatic carbocycles. The molecule has 0 bridgehead atoms. The number of likely N-dealkylation sites (tertiary alicyclic amines) is 1. The average Bonchev–Trinajstić information content (AvgIpc) is 3.16. The van der Waals surface area contributed by atoms with Crippen molar-refractivity contribution >= 4 is 44.9 Å². The van der Waals surface area contributed by atoms with E-state index in [1.807, 2.05) is 11.8 Å². The zero-order chi connectivity index (χ0) is 19.9. The number of aromatic amines is 1. The fourth-order valence-electron chi connectivity index (χ4n) is 3.38. The van der Waals surface area contributed by atoms with Gasteiger partial charge in [0.1, 0.15) is 11.3 Å². The average molecular weight is 425 g/mol. The van der Waals surface area contributed by atoms with Crippen molar-refractivity contribution in [3.63, 3.8) is 0 Å². The first-order valence-corrected chi connectivity index (χ1v) is 10.2. The number of carbonyl (C=O) groups is 1. The Bertz CT molecular complexity index is 1020. The van der Waals surface area contributed by atoms with Gasteiger partial charge >= 0.3 is 0 Å². The molecule has 0 atom stereocenters. The SMILES string of the molecule is Cc1nc2[nH]c(C(=O)Nc3ccccc3Cl)c(CN3CCC(F)(F)CC3)c2s1. The van der Waals surface area contributed by atoms with E-state index in [1.165, 1.54) is 11.3 Å². The molecule has 3 aromatic rings. The third-order valence-electron chi connectivity index (χ3n) is 4.87. The number of alkyl halides is 2. The largest absolute Gasteiger partial charge is 0.334 e. The maximum absolute atomic E-state index is 13.5. The lowest BCUT2D eigenvalue weighted by atomic mass is 10.1. The first-order chi connectivity index (χ1) is 13.3. The summed E-state index contributed by atoms with van der Waals surface area (Å²) in [4.78, 5) is 22.4. The first kappa shape index (κ1) is 19.3. The summed E-state index contributed by atoms with van der Waals surface area (Å²) in [5.74, 6) is -2.93. The molecule has 1 amide bonds. The van der Waals surface area contributed by atoms with E-state index in [9.17, 15) is 13.6 Å². The van der Waals surface area contributed by atoms with Crippen LogP contribution in [0.2, 0.25) is 5.02 Å². The van der Waals surface area contributed by atoms with Crippen LogP contribution in [0.5, 0.6) is 0 Å². The normalized spacial score (nSPS) is 17.1. The first-order valence-electron chi connectivity index (χ1n) is 8.96. The molecule has 0 unspecified atom stereocenters. The van der Waals surface area contributed by atoms with Crippen LogP contribution in [-0.2, 0) is 6.54 Å². The Labute approximate surface area is 169 Å². The van der Waals surface area contributed by atoms with E-state index in [1.54, 1.807) is 24.3 Å². The van der Waals surface area contributed by atoms with Crippen LogP contribution in [0.4, 0.5) is 14.5 Å². The Balaban J connectivity index is 1.63. The number of para-hydroxylation sites is 1. The summed E-state index contributed by atoms with van der Waals surface area (Å²) in [5.41, 5.74) is 2.34. The summed E-state index contributed by atoms with van der Waals surface area (Å²) in [6.45, 7) is 2.91. The number of amides is 1. The van der Waals surface area contributed by atoms with Gasteiger partial charge in [0.05, 0.1) is 20.4 Å². The summed E-state index contributed by atoms with van der Waals surface area (Å²) in [6.07, 6.45) is -0.327. The molecular formula is C19H19ClF2N4OS. The molecule has 1 aromatic carbocycles. The van der Waals surface area contributed by atoms with E-state index in [0.717, 1.165) is 15.3 Å². The number of carbonyl (C=O) groups excluding carboxylic acids is 1. The van der Waals surface area contributed by atoms with Gasteiger partial charge in [0, 0.05) is 38.0 Å². The number of nitrogens with one attached hydrogen (secondary N) is 2. The maximum atomic E-state index is 13.5. The third-order valence-corrected chi connectivity index (χ3v) is 6.23. The lowest BCUT2D eigenvalue weighted by Gasteiger charge is -2.31. The minimum atomic E-state index is -2.60. The van der Waals surface area contributed by atoms with Crippen molar-refractivity contribution in [2.24, 2.45) is 0 Å². The monoisotopic (exact) mass is 424 g/mol. The number of anilines is 1.